The van der Waals surface area contributed by atoms with Gasteiger partial charge in [-0.25, -0.2) is 0 Å². The summed E-state index contributed by atoms with van der Waals surface area (Å²) in [5.41, 5.74) is 0. The summed E-state index contributed by atoms with van der Waals surface area (Å²) in [6.07, 6.45) is 49.0. The van der Waals surface area contributed by atoms with Crippen molar-refractivity contribution < 1.29 is 5.11 Å². The van der Waals surface area contributed by atoms with E-state index >= 15 is 0 Å². The predicted molar refractivity (Wildman–Crippen MR) is 169 cm³/mol. The molecule has 0 aromatic rings. The fourth-order valence-corrected chi connectivity index (χ4v) is 4.96. The lowest BCUT2D eigenvalue weighted by Gasteiger charge is -2.10. The Balaban J connectivity index is 3.26. The molecule has 0 heterocycles. The van der Waals surface area contributed by atoms with Crippen molar-refractivity contribution in [2.75, 3.05) is 0 Å². The topological polar surface area (TPSA) is 20.2 Å². The number of allylic oxidation sites excluding steroid dienone is 6. The minimum atomic E-state index is -0.0575. The molecule has 0 aliphatic carbocycles. The number of hydrogen-bond donors (Lipinski definition) is 1. The third-order valence-corrected chi connectivity index (χ3v) is 7.54. The molecule has 0 spiro atoms. The maximum atomic E-state index is 10.2. The smallest absolute Gasteiger partial charge is 0.0540 e. The van der Waals surface area contributed by atoms with Crippen molar-refractivity contribution in [3.05, 3.63) is 36.5 Å². The summed E-state index contributed by atoms with van der Waals surface area (Å²) >= 11 is 0. The van der Waals surface area contributed by atoms with Gasteiger partial charge in [-0.3, -0.25) is 0 Å². The predicted octanol–water partition coefficient (Wildman–Crippen LogP) is 12.6. The second-order valence-electron chi connectivity index (χ2n) is 11.4. The van der Waals surface area contributed by atoms with Crippen LogP contribution >= 0.6 is 0 Å². The first-order chi connectivity index (χ1) is 18.3. The van der Waals surface area contributed by atoms with Gasteiger partial charge in [0.05, 0.1) is 6.10 Å². The summed E-state index contributed by atoms with van der Waals surface area (Å²) in [6, 6.07) is 0. The van der Waals surface area contributed by atoms with Gasteiger partial charge in [0.15, 0.2) is 0 Å². The third kappa shape index (κ3) is 33.2. The molecular weight excluding hydrogens is 448 g/mol. The van der Waals surface area contributed by atoms with Gasteiger partial charge >= 0.3 is 0 Å². The highest BCUT2D eigenvalue weighted by molar-refractivity contribution is 4.92. The second kappa shape index (κ2) is 33.2. The average Bonchev–Trinajstić information content (AvgIpc) is 2.90. The van der Waals surface area contributed by atoms with Gasteiger partial charge in [0.25, 0.3) is 0 Å². The van der Waals surface area contributed by atoms with Crippen LogP contribution in [0.5, 0.6) is 0 Å². The Hall–Kier alpha value is -0.820. The first-order valence-corrected chi connectivity index (χ1v) is 16.9. The largest absolute Gasteiger partial charge is 0.393 e. The lowest BCUT2D eigenvalue weighted by Crippen LogP contribution is -2.05. The molecule has 218 valence electrons. The fraction of sp³-hybridized carbons (Fsp3) is 0.833. The Morgan fingerprint density at radius 3 is 1.11 bits per heavy atom. The maximum Gasteiger partial charge on any atom is 0.0540 e. The van der Waals surface area contributed by atoms with Crippen LogP contribution in [-0.2, 0) is 0 Å². The summed E-state index contributed by atoms with van der Waals surface area (Å²) in [4.78, 5) is 0. The molecule has 37 heavy (non-hydrogen) atoms. The summed E-state index contributed by atoms with van der Waals surface area (Å²) in [5, 5.41) is 10.2. The molecule has 0 saturated carbocycles. The van der Waals surface area contributed by atoms with Crippen LogP contribution in [-0.4, -0.2) is 11.2 Å². The SMILES string of the molecule is CCCCC/C=C\C/C=C\CCCCCCCCC(O)CCCCCCCC/C=C\CCCCCCC. The van der Waals surface area contributed by atoms with Gasteiger partial charge in [0.2, 0.25) is 0 Å². The summed E-state index contributed by atoms with van der Waals surface area (Å²) in [6.45, 7) is 4.54. The highest BCUT2D eigenvalue weighted by atomic mass is 16.3. The van der Waals surface area contributed by atoms with Gasteiger partial charge in [-0.2, -0.15) is 0 Å². The van der Waals surface area contributed by atoms with E-state index in [0.717, 1.165) is 19.3 Å². The standard InChI is InChI=1S/C36H68O/c1-3-5-7-9-11-13-15-17-19-21-23-25-27-29-31-33-35-36(37)34-32-30-28-26-24-22-20-18-16-14-12-10-8-6-4-2/h11,13,16-19,36-37H,3-10,12,14-15,20-35H2,1-2H3/b13-11-,18-16-,19-17-. The molecule has 1 heteroatoms. The van der Waals surface area contributed by atoms with Crippen molar-refractivity contribution in [3.63, 3.8) is 0 Å². The quantitative estimate of drug-likeness (QED) is 0.0743. The van der Waals surface area contributed by atoms with E-state index in [1.165, 1.54) is 154 Å². The van der Waals surface area contributed by atoms with E-state index in [1.807, 2.05) is 0 Å². The minimum Gasteiger partial charge on any atom is -0.393 e. The molecule has 0 rings (SSSR count). The fourth-order valence-electron chi connectivity index (χ4n) is 4.96. The molecule has 1 atom stereocenters. The van der Waals surface area contributed by atoms with E-state index in [0.29, 0.717) is 0 Å². The molecular formula is C36H68O. The van der Waals surface area contributed by atoms with E-state index in [9.17, 15) is 5.11 Å². The van der Waals surface area contributed by atoms with E-state index in [1.54, 1.807) is 0 Å². The Morgan fingerprint density at radius 2 is 0.676 bits per heavy atom. The Kier molecular flexibility index (Phi) is 32.5. The lowest BCUT2D eigenvalue weighted by atomic mass is 10.0. The van der Waals surface area contributed by atoms with E-state index in [4.69, 9.17) is 0 Å². The van der Waals surface area contributed by atoms with Crippen molar-refractivity contribution in [2.45, 2.75) is 193 Å². The zero-order valence-electron chi connectivity index (χ0n) is 25.6. The zero-order valence-corrected chi connectivity index (χ0v) is 25.6. The lowest BCUT2D eigenvalue weighted by molar-refractivity contribution is 0.147. The van der Waals surface area contributed by atoms with Crippen molar-refractivity contribution >= 4 is 0 Å². The van der Waals surface area contributed by atoms with Crippen LogP contribution in [0, 0.1) is 0 Å². The van der Waals surface area contributed by atoms with Crippen LogP contribution in [0.3, 0.4) is 0 Å². The third-order valence-electron chi connectivity index (χ3n) is 7.54. The molecule has 0 aliphatic heterocycles. The zero-order chi connectivity index (χ0) is 26.9. The minimum absolute atomic E-state index is 0.0575. The van der Waals surface area contributed by atoms with Crippen molar-refractivity contribution in [3.8, 4) is 0 Å². The number of rotatable bonds is 30. The summed E-state index contributed by atoms with van der Waals surface area (Å²) in [7, 11) is 0. The van der Waals surface area contributed by atoms with Crippen molar-refractivity contribution in [1.82, 2.24) is 0 Å². The molecule has 0 fully saturated rings. The Labute approximate surface area is 234 Å². The molecule has 0 amide bonds. The molecule has 0 aromatic carbocycles. The van der Waals surface area contributed by atoms with Gasteiger partial charge in [-0.05, 0) is 70.6 Å². The Bertz CT molecular complexity index is 489. The molecule has 1 N–H and O–H groups in total. The van der Waals surface area contributed by atoms with Gasteiger partial charge in [0, 0.05) is 0 Å². The molecule has 1 nitrogen and oxygen atoms in total. The number of aliphatic hydroxyl groups is 1. The molecule has 0 aromatic heterocycles. The summed E-state index contributed by atoms with van der Waals surface area (Å²) < 4.78 is 0. The van der Waals surface area contributed by atoms with Gasteiger partial charge in [-0.15, -0.1) is 0 Å². The van der Waals surface area contributed by atoms with E-state index in [2.05, 4.69) is 50.3 Å². The number of hydrogen-bond acceptors (Lipinski definition) is 1. The normalized spacial score (nSPS) is 13.1. The molecule has 0 radical (unpaired) electrons. The molecule has 0 bridgehead atoms. The van der Waals surface area contributed by atoms with Crippen molar-refractivity contribution in [1.29, 1.82) is 0 Å². The summed E-state index contributed by atoms with van der Waals surface area (Å²) in [5.74, 6) is 0. The van der Waals surface area contributed by atoms with Crippen LogP contribution in [0.15, 0.2) is 36.5 Å². The van der Waals surface area contributed by atoms with Crippen LogP contribution in [0.4, 0.5) is 0 Å². The van der Waals surface area contributed by atoms with Gasteiger partial charge < -0.3 is 5.11 Å². The molecule has 1 unspecified atom stereocenters. The monoisotopic (exact) mass is 517 g/mol. The van der Waals surface area contributed by atoms with Crippen LogP contribution in [0.2, 0.25) is 0 Å². The average molecular weight is 517 g/mol. The first kappa shape index (κ1) is 36.2. The van der Waals surface area contributed by atoms with Crippen molar-refractivity contribution in [2.24, 2.45) is 0 Å². The highest BCUT2D eigenvalue weighted by Gasteiger charge is 2.03. The van der Waals surface area contributed by atoms with E-state index in [-0.39, 0.29) is 6.10 Å². The Morgan fingerprint density at radius 1 is 0.378 bits per heavy atom. The van der Waals surface area contributed by atoms with Crippen LogP contribution in [0.25, 0.3) is 0 Å². The molecule has 0 saturated heterocycles. The highest BCUT2D eigenvalue weighted by Crippen LogP contribution is 2.15. The van der Waals surface area contributed by atoms with Crippen LogP contribution < -0.4 is 0 Å². The molecule has 0 aliphatic rings. The first-order valence-electron chi connectivity index (χ1n) is 16.9. The van der Waals surface area contributed by atoms with Gasteiger partial charge in [0.1, 0.15) is 0 Å². The van der Waals surface area contributed by atoms with Crippen LogP contribution in [0.1, 0.15) is 187 Å². The second-order valence-corrected chi connectivity index (χ2v) is 11.4. The number of aliphatic hydroxyl groups excluding tert-OH is 1. The maximum absolute atomic E-state index is 10.2. The number of unbranched alkanes of at least 4 members (excludes halogenated alkanes) is 20. The van der Waals surface area contributed by atoms with E-state index < -0.39 is 0 Å². The van der Waals surface area contributed by atoms with Gasteiger partial charge in [-0.1, -0.05) is 153 Å².